The van der Waals surface area contributed by atoms with Crippen LogP contribution in [0.2, 0.25) is 0 Å². The van der Waals surface area contributed by atoms with Gasteiger partial charge in [-0.3, -0.25) is 5.84 Å². The van der Waals surface area contributed by atoms with E-state index in [4.69, 9.17) is 5.84 Å². The van der Waals surface area contributed by atoms with Gasteiger partial charge in [0.15, 0.2) is 5.03 Å². The molecule has 1 aromatic carbocycles. The summed E-state index contributed by atoms with van der Waals surface area (Å²) in [5.41, 5.74) is 2.91. The highest BCUT2D eigenvalue weighted by molar-refractivity contribution is 7.89. The molecule has 0 aliphatic carbocycles. The van der Waals surface area contributed by atoms with Gasteiger partial charge in [0.25, 0.3) is 10.0 Å². The molecule has 0 radical (unpaired) electrons. The summed E-state index contributed by atoms with van der Waals surface area (Å²) in [7, 11) is -3.81. The van der Waals surface area contributed by atoms with Crippen molar-refractivity contribution in [2.45, 2.75) is 11.4 Å². The topological polar surface area (TPSA) is 97.1 Å². The maximum Gasteiger partial charge on any atom is 0.260 e. The summed E-state index contributed by atoms with van der Waals surface area (Å²) in [4.78, 5) is 3.80. The maximum absolute atomic E-state index is 13.4. The minimum absolute atomic E-state index is 0.0594. The summed E-state index contributed by atoms with van der Waals surface area (Å²) in [6, 6.07) is 9.28. The van der Waals surface area contributed by atoms with Gasteiger partial charge >= 0.3 is 0 Å². The van der Waals surface area contributed by atoms with E-state index in [0.29, 0.717) is 5.56 Å². The number of nitrogen functional groups attached to an aromatic ring is 1. The zero-order chi connectivity index (χ0) is 15.3. The number of aromatic nitrogens is 1. The molecular formula is C13H15FN4O2S. The molecule has 8 heteroatoms. The molecule has 0 bridgehead atoms. The number of nitrogens with zero attached hydrogens (tertiary/aromatic N) is 1. The average molecular weight is 310 g/mol. The molecule has 1 aromatic heterocycles. The Hall–Kier alpha value is -2.03. The normalized spacial score (nSPS) is 11.3. The molecule has 1 heterocycles. The van der Waals surface area contributed by atoms with Gasteiger partial charge in [-0.25, -0.2) is 22.5 Å². The number of benzene rings is 1. The average Bonchev–Trinajstić information content (AvgIpc) is 2.49. The fraction of sp³-hybridized carbons (Fsp3) is 0.154. The van der Waals surface area contributed by atoms with E-state index in [0.717, 1.165) is 0 Å². The third-order valence-electron chi connectivity index (χ3n) is 2.83. The summed E-state index contributed by atoms with van der Waals surface area (Å²) >= 11 is 0. The molecule has 0 unspecified atom stereocenters. The molecule has 0 spiro atoms. The van der Waals surface area contributed by atoms with E-state index in [1.54, 1.807) is 24.3 Å². The fourth-order valence-corrected chi connectivity index (χ4v) is 2.93. The number of halogens is 1. The Bertz CT molecular complexity index is 722. The van der Waals surface area contributed by atoms with Crippen molar-refractivity contribution in [3.8, 4) is 0 Å². The molecule has 4 N–H and O–H groups in total. The van der Waals surface area contributed by atoms with Crippen LogP contribution < -0.4 is 16.0 Å². The third kappa shape index (κ3) is 3.75. The number of rotatable bonds is 6. The molecule has 0 aliphatic heterocycles. The van der Waals surface area contributed by atoms with Crippen molar-refractivity contribution in [1.82, 2.24) is 9.71 Å². The first-order valence-electron chi connectivity index (χ1n) is 6.19. The largest absolute Gasteiger partial charge is 0.321 e. The van der Waals surface area contributed by atoms with E-state index in [9.17, 15) is 12.8 Å². The molecule has 0 fully saturated rings. The van der Waals surface area contributed by atoms with Gasteiger partial charge in [-0.1, -0.05) is 18.2 Å². The number of hydrazine groups is 1. The van der Waals surface area contributed by atoms with E-state index in [-0.39, 0.29) is 29.5 Å². The Balaban J connectivity index is 2.07. The van der Waals surface area contributed by atoms with Gasteiger partial charge in [0.2, 0.25) is 0 Å². The summed E-state index contributed by atoms with van der Waals surface area (Å²) in [6.45, 7) is 0.0594. The maximum atomic E-state index is 13.4. The first-order valence-corrected chi connectivity index (χ1v) is 7.67. The first kappa shape index (κ1) is 15.4. The highest BCUT2D eigenvalue weighted by Gasteiger charge is 2.19. The number of pyridine rings is 1. The number of hydrogen-bond donors (Lipinski definition) is 3. The second-order valence-corrected chi connectivity index (χ2v) is 5.92. The van der Waals surface area contributed by atoms with Crippen LogP contribution in [0.4, 0.5) is 10.1 Å². The zero-order valence-electron chi connectivity index (χ0n) is 11.1. The van der Waals surface area contributed by atoms with Crippen molar-refractivity contribution in [3.63, 3.8) is 0 Å². The van der Waals surface area contributed by atoms with E-state index in [1.807, 2.05) is 0 Å². The van der Waals surface area contributed by atoms with E-state index in [2.05, 4.69) is 15.1 Å². The number of anilines is 1. The van der Waals surface area contributed by atoms with Crippen molar-refractivity contribution in [2.75, 3.05) is 12.0 Å². The standard InChI is InChI=1S/C13H15FN4O2S/c14-11-5-2-1-4-10(11)7-9-17-21(19,20)13-12(18-15)6-3-8-16-13/h1-6,8,17-18H,7,9,15H2. The summed E-state index contributed by atoms with van der Waals surface area (Å²) in [5, 5.41) is -0.193. The SMILES string of the molecule is NNc1cccnc1S(=O)(=O)NCCc1ccccc1F. The van der Waals surface area contributed by atoms with Crippen LogP contribution in [0, 0.1) is 5.82 Å². The quantitative estimate of drug-likeness (QED) is 0.547. The minimum atomic E-state index is -3.81. The smallest absolute Gasteiger partial charge is 0.260 e. The Morgan fingerprint density at radius 3 is 2.67 bits per heavy atom. The van der Waals surface area contributed by atoms with Crippen LogP contribution in [0.15, 0.2) is 47.6 Å². The highest BCUT2D eigenvalue weighted by Crippen LogP contribution is 2.16. The lowest BCUT2D eigenvalue weighted by atomic mass is 10.1. The highest BCUT2D eigenvalue weighted by atomic mass is 32.2. The van der Waals surface area contributed by atoms with Gasteiger partial charge in [0.1, 0.15) is 5.82 Å². The predicted octanol–water partition coefficient (Wildman–Crippen LogP) is 1.03. The number of nitrogens with two attached hydrogens (primary N) is 1. The van der Waals surface area contributed by atoms with Crippen molar-refractivity contribution >= 4 is 15.7 Å². The Kier molecular flexibility index (Phi) is 4.84. The van der Waals surface area contributed by atoms with Crippen LogP contribution in [0.1, 0.15) is 5.56 Å². The molecule has 6 nitrogen and oxygen atoms in total. The Morgan fingerprint density at radius 2 is 1.95 bits per heavy atom. The van der Waals surface area contributed by atoms with Gasteiger partial charge in [0, 0.05) is 12.7 Å². The molecule has 2 aromatic rings. The van der Waals surface area contributed by atoms with Crippen LogP contribution in [0.3, 0.4) is 0 Å². The minimum Gasteiger partial charge on any atom is -0.321 e. The van der Waals surface area contributed by atoms with Crippen LogP contribution >= 0.6 is 0 Å². The molecule has 21 heavy (non-hydrogen) atoms. The zero-order valence-corrected chi connectivity index (χ0v) is 11.9. The van der Waals surface area contributed by atoms with Crippen molar-refractivity contribution in [2.24, 2.45) is 5.84 Å². The number of nitrogens with one attached hydrogen (secondary N) is 2. The first-order chi connectivity index (χ1) is 10.0. The van der Waals surface area contributed by atoms with Gasteiger partial charge in [-0.05, 0) is 30.2 Å². The van der Waals surface area contributed by atoms with E-state index in [1.165, 1.54) is 18.3 Å². The molecule has 112 valence electrons. The monoisotopic (exact) mass is 310 g/mol. The summed E-state index contributed by atoms with van der Waals surface area (Å²) in [5.74, 6) is 4.89. The molecular weight excluding hydrogens is 295 g/mol. The fourth-order valence-electron chi connectivity index (χ4n) is 1.80. The summed E-state index contributed by atoms with van der Waals surface area (Å²) < 4.78 is 40.1. The lowest BCUT2D eigenvalue weighted by Gasteiger charge is -2.10. The van der Waals surface area contributed by atoms with Gasteiger partial charge < -0.3 is 5.43 Å². The molecule has 0 amide bonds. The molecule has 0 atom stereocenters. The van der Waals surface area contributed by atoms with E-state index >= 15 is 0 Å². The summed E-state index contributed by atoms with van der Waals surface area (Å²) in [6.07, 6.45) is 1.59. The predicted molar refractivity (Wildman–Crippen MR) is 77.3 cm³/mol. The van der Waals surface area contributed by atoms with E-state index < -0.39 is 10.0 Å². The van der Waals surface area contributed by atoms with Crippen molar-refractivity contribution in [3.05, 3.63) is 54.0 Å². The lowest BCUT2D eigenvalue weighted by Crippen LogP contribution is -2.28. The number of hydrogen-bond acceptors (Lipinski definition) is 5. The molecule has 0 aliphatic rings. The second kappa shape index (κ2) is 6.61. The Labute approximate surface area is 122 Å². The lowest BCUT2D eigenvalue weighted by molar-refractivity contribution is 0.574. The van der Waals surface area contributed by atoms with Crippen molar-refractivity contribution < 1.29 is 12.8 Å². The molecule has 2 rings (SSSR count). The van der Waals surface area contributed by atoms with Gasteiger partial charge in [-0.15, -0.1) is 0 Å². The molecule has 0 saturated carbocycles. The van der Waals surface area contributed by atoms with Gasteiger partial charge in [-0.2, -0.15) is 0 Å². The second-order valence-electron chi connectivity index (χ2n) is 4.24. The number of sulfonamides is 1. The van der Waals surface area contributed by atoms with Crippen LogP contribution in [0.25, 0.3) is 0 Å². The third-order valence-corrected chi connectivity index (χ3v) is 4.24. The molecule has 0 saturated heterocycles. The van der Waals surface area contributed by atoms with Crippen LogP contribution in [0.5, 0.6) is 0 Å². The van der Waals surface area contributed by atoms with Crippen LogP contribution in [-0.2, 0) is 16.4 Å². The van der Waals surface area contributed by atoms with Crippen molar-refractivity contribution in [1.29, 1.82) is 0 Å². The Morgan fingerprint density at radius 1 is 1.19 bits per heavy atom. The van der Waals surface area contributed by atoms with Gasteiger partial charge in [0.05, 0.1) is 5.69 Å². The van der Waals surface area contributed by atoms with Crippen LogP contribution in [-0.4, -0.2) is 19.9 Å².